The summed E-state index contributed by atoms with van der Waals surface area (Å²) in [5.41, 5.74) is 1.30. The lowest BCUT2D eigenvalue weighted by atomic mass is 10.1. The number of nitrogens with one attached hydrogen (secondary N) is 1. The molecule has 2 aromatic carbocycles. The van der Waals surface area contributed by atoms with E-state index >= 15 is 0 Å². The van der Waals surface area contributed by atoms with Gasteiger partial charge in [0.1, 0.15) is 6.04 Å². The first-order valence-corrected chi connectivity index (χ1v) is 10.6. The maximum Gasteiger partial charge on any atom is 0.242 e. The van der Waals surface area contributed by atoms with E-state index in [0.717, 1.165) is 6.42 Å². The Hall–Kier alpha value is -1.75. The minimum atomic E-state index is -0.702. The van der Waals surface area contributed by atoms with Crippen molar-refractivity contribution < 1.29 is 9.59 Å². The minimum absolute atomic E-state index is 0.00868. The molecule has 2 atom stereocenters. The lowest BCUT2D eigenvalue weighted by Gasteiger charge is -2.30. The zero-order valence-corrected chi connectivity index (χ0v) is 19.0. The topological polar surface area (TPSA) is 49.4 Å². The second-order valence-electron chi connectivity index (χ2n) is 6.98. The van der Waals surface area contributed by atoms with Gasteiger partial charge in [-0.05, 0) is 44.0 Å². The number of rotatable bonds is 8. The maximum absolute atomic E-state index is 13.2. The highest BCUT2D eigenvalue weighted by Gasteiger charge is 2.28. The van der Waals surface area contributed by atoms with Crippen molar-refractivity contribution in [3.05, 3.63) is 68.7 Å². The third-order valence-electron chi connectivity index (χ3n) is 4.86. The van der Waals surface area contributed by atoms with Crippen LogP contribution >= 0.6 is 34.8 Å². The van der Waals surface area contributed by atoms with E-state index in [0.29, 0.717) is 26.2 Å². The zero-order chi connectivity index (χ0) is 21.6. The summed E-state index contributed by atoms with van der Waals surface area (Å²) in [4.78, 5) is 27.4. The van der Waals surface area contributed by atoms with E-state index in [9.17, 15) is 9.59 Å². The van der Waals surface area contributed by atoms with Crippen LogP contribution in [-0.4, -0.2) is 28.8 Å². The van der Waals surface area contributed by atoms with Gasteiger partial charge in [-0.1, -0.05) is 66.0 Å². The van der Waals surface area contributed by atoms with Gasteiger partial charge in [-0.15, -0.1) is 0 Å². The monoisotopic (exact) mass is 454 g/mol. The minimum Gasteiger partial charge on any atom is -0.352 e. The van der Waals surface area contributed by atoms with Gasteiger partial charge in [0.05, 0.1) is 6.42 Å². The first-order valence-electron chi connectivity index (χ1n) is 9.50. The van der Waals surface area contributed by atoms with Crippen LogP contribution in [-0.2, 0) is 22.6 Å². The number of halogens is 3. The van der Waals surface area contributed by atoms with E-state index in [4.69, 9.17) is 34.8 Å². The Kier molecular flexibility index (Phi) is 8.81. The van der Waals surface area contributed by atoms with Crippen LogP contribution in [0.4, 0.5) is 0 Å². The average Bonchev–Trinajstić information content (AvgIpc) is 2.68. The van der Waals surface area contributed by atoms with Gasteiger partial charge in [-0.3, -0.25) is 9.59 Å². The van der Waals surface area contributed by atoms with Crippen LogP contribution in [0.15, 0.2) is 42.5 Å². The predicted molar refractivity (Wildman–Crippen MR) is 120 cm³/mol. The van der Waals surface area contributed by atoms with Gasteiger partial charge in [-0.2, -0.15) is 0 Å². The number of amides is 2. The molecule has 156 valence electrons. The quantitative estimate of drug-likeness (QED) is 0.569. The normalized spacial score (nSPS) is 12.9. The van der Waals surface area contributed by atoms with Crippen molar-refractivity contribution in [2.75, 3.05) is 0 Å². The number of benzene rings is 2. The summed E-state index contributed by atoms with van der Waals surface area (Å²) >= 11 is 18.8. The van der Waals surface area contributed by atoms with Crippen molar-refractivity contribution in [3.8, 4) is 0 Å². The molecule has 2 aromatic rings. The van der Waals surface area contributed by atoms with Gasteiger partial charge in [0.25, 0.3) is 0 Å². The summed E-state index contributed by atoms with van der Waals surface area (Å²) in [7, 11) is 0. The summed E-state index contributed by atoms with van der Waals surface area (Å²) in [6, 6.07) is 11.6. The Morgan fingerprint density at radius 2 is 1.55 bits per heavy atom. The van der Waals surface area contributed by atoms with Gasteiger partial charge < -0.3 is 10.2 Å². The Morgan fingerprint density at radius 3 is 2.14 bits per heavy atom. The molecule has 0 aromatic heterocycles. The summed E-state index contributed by atoms with van der Waals surface area (Å²) in [5, 5.41) is 4.33. The fourth-order valence-corrected chi connectivity index (χ4v) is 3.53. The second kappa shape index (κ2) is 10.9. The van der Waals surface area contributed by atoms with Gasteiger partial charge in [-0.25, -0.2) is 0 Å². The first-order chi connectivity index (χ1) is 13.7. The third kappa shape index (κ3) is 6.36. The molecule has 7 heteroatoms. The molecule has 0 saturated carbocycles. The fraction of sp³-hybridized carbons (Fsp3) is 0.364. The van der Waals surface area contributed by atoms with Crippen molar-refractivity contribution in [2.24, 2.45) is 0 Å². The highest BCUT2D eigenvalue weighted by molar-refractivity contribution is 6.36. The van der Waals surface area contributed by atoms with Crippen molar-refractivity contribution in [3.63, 3.8) is 0 Å². The summed E-state index contributed by atoms with van der Waals surface area (Å²) in [6.07, 6.45) is 0.866. The number of hydrogen-bond acceptors (Lipinski definition) is 2. The highest BCUT2D eigenvalue weighted by Crippen LogP contribution is 2.27. The Bertz CT molecular complexity index is 853. The Morgan fingerprint density at radius 1 is 0.966 bits per heavy atom. The van der Waals surface area contributed by atoms with E-state index in [1.54, 1.807) is 43.3 Å². The van der Waals surface area contributed by atoms with E-state index in [-0.39, 0.29) is 30.8 Å². The molecule has 4 nitrogen and oxygen atoms in total. The van der Waals surface area contributed by atoms with Crippen LogP contribution in [0.1, 0.15) is 38.3 Å². The zero-order valence-electron chi connectivity index (χ0n) is 16.7. The van der Waals surface area contributed by atoms with Crippen molar-refractivity contribution in [2.45, 2.75) is 52.2 Å². The number of hydrogen-bond donors (Lipinski definition) is 1. The maximum atomic E-state index is 13.2. The first kappa shape index (κ1) is 23.5. The summed E-state index contributed by atoms with van der Waals surface area (Å²) < 4.78 is 0. The SMILES string of the molecule is CC[C@@H](C)NC(=O)[C@H](C)N(Cc1c(Cl)cccc1Cl)C(=O)Cc1ccccc1Cl. The van der Waals surface area contributed by atoms with Crippen LogP contribution in [0, 0.1) is 0 Å². The van der Waals surface area contributed by atoms with E-state index in [1.165, 1.54) is 4.90 Å². The summed E-state index contributed by atoms with van der Waals surface area (Å²) in [6.45, 7) is 5.73. The molecule has 29 heavy (non-hydrogen) atoms. The molecular formula is C22H25Cl3N2O2. The van der Waals surface area contributed by atoms with Gasteiger partial charge in [0, 0.05) is 33.2 Å². The molecule has 0 spiro atoms. The molecule has 2 rings (SSSR count). The van der Waals surface area contributed by atoms with E-state index in [2.05, 4.69) is 5.32 Å². The smallest absolute Gasteiger partial charge is 0.242 e. The molecule has 0 heterocycles. The third-order valence-corrected chi connectivity index (χ3v) is 5.93. The van der Waals surface area contributed by atoms with Crippen LogP contribution in [0.25, 0.3) is 0 Å². The van der Waals surface area contributed by atoms with Crippen molar-refractivity contribution in [1.82, 2.24) is 10.2 Å². The van der Waals surface area contributed by atoms with Gasteiger partial charge in [0.2, 0.25) is 11.8 Å². The molecule has 0 radical (unpaired) electrons. The Labute approximate surface area is 187 Å². The van der Waals surface area contributed by atoms with Crippen molar-refractivity contribution in [1.29, 1.82) is 0 Å². The molecule has 0 aliphatic carbocycles. The molecule has 0 aliphatic heterocycles. The molecule has 0 aliphatic rings. The summed E-state index contributed by atoms with van der Waals surface area (Å²) in [5.74, 6) is -0.462. The largest absolute Gasteiger partial charge is 0.352 e. The number of carbonyl (C=O) groups is 2. The predicted octanol–water partition coefficient (Wildman–Crippen LogP) is 5.52. The molecule has 2 amide bonds. The lowest BCUT2D eigenvalue weighted by molar-refractivity contribution is -0.140. The van der Waals surface area contributed by atoms with Crippen LogP contribution in [0.5, 0.6) is 0 Å². The van der Waals surface area contributed by atoms with Crippen molar-refractivity contribution >= 4 is 46.6 Å². The molecule has 0 saturated heterocycles. The standard InChI is InChI=1S/C22H25Cl3N2O2/c1-4-14(2)26-22(29)15(3)27(13-17-19(24)10-7-11-20(17)25)21(28)12-16-8-5-6-9-18(16)23/h5-11,14-15H,4,12-13H2,1-3H3,(H,26,29)/t14-,15+/m1/s1. The van der Waals surface area contributed by atoms with Gasteiger partial charge >= 0.3 is 0 Å². The highest BCUT2D eigenvalue weighted by atomic mass is 35.5. The van der Waals surface area contributed by atoms with Crippen LogP contribution < -0.4 is 5.32 Å². The van der Waals surface area contributed by atoms with E-state index < -0.39 is 6.04 Å². The van der Waals surface area contributed by atoms with Crippen LogP contribution in [0.2, 0.25) is 15.1 Å². The van der Waals surface area contributed by atoms with E-state index in [1.807, 2.05) is 19.9 Å². The molecular weight excluding hydrogens is 431 g/mol. The fourth-order valence-electron chi connectivity index (χ4n) is 2.81. The molecule has 1 N–H and O–H groups in total. The molecule has 0 bridgehead atoms. The molecule has 0 fully saturated rings. The van der Waals surface area contributed by atoms with Gasteiger partial charge in [0.15, 0.2) is 0 Å². The molecule has 0 unspecified atom stereocenters. The lowest BCUT2D eigenvalue weighted by Crippen LogP contribution is -2.50. The number of nitrogens with zero attached hydrogens (tertiary/aromatic N) is 1. The second-order valence-corrected chi connectivity index (χ2v) is 8.21. The van der Waals surface area contributed by atoms with Crippen LogP contribution in [0.3, 0.4) is 0 Å². The Balaban J connectivity index is 2.32. The average molecular weight is 456 g/mol. The number of carbonyl (C=O) groups excluding carboxylic acids is 2.